The number of methoxy groups -OCH3 is 1. The lowest BCUT2D eigenvalue weighted by Gasteiger charge is -2.36. The Morgan fingerprint density at radius 1 is 1.03 bits per heavy atom. The summed E-state index contributed by atoms with van der Waals surface area (Å²) in [5.74, 6) is -4.84. The van der Waals surface area contributed by atoms with Crippen LogP contribution in [-0.4, -0.2) is 100 Å². The van der Waals surface area contributed by atoms with E-state index in [1.807, 2.05) is 13.0 Å². The molecule has 5 aliphatic rings. The first-order valence-electron chi connectivity index (χ1n) is 22.5. The summed E-state index contributed by atoms with van der Waals surface area (Å²) in [5, 5.41) is 25.8. The van der Waals surface area contributed by atoms with Gasteiger partial charge in [0.05, 0.1) is 23.3 Å². The summed E-state index contributed by atoms with van der Waals surface area (Å²) < 4.78 is 31.0. The predicted octanol–water partition coefficient (Wildman–Crippen LogP) is 8.66. The average molecular weight is 1020 g/mol. The van der Waals surface area contributed by atoms with Crippen molar-refractivity contribution in [1.82, 2.24) is 9.88 Å². The molecule has 1 amide bonds. The molecule has 0 aromatic heterocycles. The highest BCUT2D eigenvalue weighted by Gasteiger charge is 2.50. The van der Waals surface area contributed by atoms with E-state index in [0.29, 0.717) is 11.7 Å². The topological polar surface area (TPSA) is 190 Å². The monoisotopic (exact) mass is 1020 g/mol. The van der Waals surface area contributed by atoms with Crippen LogP contribution >= 0.6 is 22.6 Å². The second-order valence-corrected chi connectivity index (χ2v) is 20.1. The largest absolute Gasteiger partial charge is 0.507 e. The summed E-state index contributed by atoms with van der Waals surface area (Å²) in [4.78, 5) is 65.5. The van der Waals surface area contributed by atoms with E-state index >= 15 is 0 Å². The first kappa shape index (κ1) is 48.7. The molecule has 15 nitrogen and oxygen atoms in total. The highest BCUT2D eigenvalue weighted by molar-refractivity contribution is 14.1. The van der Waals surface area contributed by atoms with Crippen molar-refractivity contribution < 1.29 is 48.0 Å². The van der Waals surface area contributed by atoms with Gasteiger partial charge in [0.15, 0.2) is 11.3 Å². The maximum Gasteiger partial charge on any atom is 0.312 e. The Morgan fingerprint density at radius 2 is 1.73 bits per heavy atom. The molecule has 8 atom stereocenters. The van der Waals surface area contributed by atoms with E-state index in [2.05, 4.69) is 72.6 Å². The molecule has 4 heterocycles. The number of benzene rings is 3. The zero-order chi connectivity index (χ0) is 48.1. The summed E-state index contributed by atoms with van der Waals surface area (Å²) in [5.41, 5.74) is -0.136. The Bertz CT molecular complexity index is 2680. The number of phenolic OH excluding ortho intramolecular Hbond substituents is 2. The minimum Gasteiger partial charge on any atom is -0.507 e. The van der Waals surface area contributed by atoms with Gasteiger partial charge in [0.2, 0.25) is 5.43 Å². The maximum atomic E-state index is 14.9. The summed E-state index contributed by atoms with van der Waals surface area (Å²) in [6.07, 6.45) is 9.83. The first-order chi connectivity index (χ1) is 31.2. The minimum absolute atomic E-state index is 0.0292. The number of piperidine rings is 1. The Hall–Kier alpha value is -5.20. The number of ether oxygens (including phenoxy) is 4. The number of halogens is 1. The number of rotatable bonds is 4. The molecule has 0 spiro atoms. The molecule has 66 heavy (non-hydrogen) atoms. The van der Waals surface area contributed by atoms with Crippen molar-refractivity contribution in [2.24, 2.45) is 23.7 Å². The third-order valence-electron chi connectivity index (χ3n) is 13.6. The smallest absolute Gasteiger partial charge is 0.312 e. The number of fused-ring (bicyclic) bond motifs is 2. The van der Waals surface area contributed by atoms with Crippen molar-refractivity contribution in [3.05, 3.63) is 69.6 Å². The number of hydrogen-bond acceptors (Lipinski definition) is 14. The molecule has 0 radical (unpaired) electrons. The van der Waals surface area contributed by atoms with Gasteiger partial charge in [-0.15, -0.1) is 0 Å². The van der Waals surface area contributed by atoms with Crippen LogP contribution in [0, 0.1) is 30.6 Å². The van der Waals surface area contributed by atoms with Crippen molar-refractivity contribution in [3.63, 3.8) is 0 Å². The molecule has 4 bridgehead atoms. The number of carbonyl (C=O) groups is 3. The van der Waals surface area contributed by atoms with E-state index in [1.165, 1.54) is 34.1 Å². The summed E-state index contributed by atoms with van der Waals surface area (Å²) >= 11 is 2.43. The maximum absolute atomic E-state index is 14.9. The van der Waals surface area contributed by atoms with Gasteiger partial charge in [0.1, 0.15) is 40.3 Å². The second-order valence-electron chi connectivity index (χ2n) is 18.7. The number of ketones is 1. The molecule has 4 aliphatic heterocycles. The van der Waals surface area contributed by atoms with Gasteiger partial charge in [-0.25, -0.2) is 4.98 Å². The standard InChI is InChI=1S/C50H61IN4O11/c1-24-13-12-14-25(2)49(61)53-42-44(59)37-36(41-47(42)65-35-23-32(22-33(57)40(35)52-41)55-18-15-31(16-19-55)54(9)10)38-46(29(6)43(37)58)66-50(8,48(38)60)63-20-17-34(62-11)27(4)45(64-30(7)56)28(5)39(51)26(3)21-24/h12-14,17,20,22-24,26-28,31,34,39,45,57-58H,15-16,18-19,21H2,1-11H3,(H,53,61)/b13-12+,20-17+,25-14-/t24-,26+,27+,28+,34-,39+,45+,50-/m0/s1. The third-order valence-corrected chi connectivity index (χ3v) is 16.0. The Morgan fingerprint density at radius 3 is 2.38 bits per heavy atom. The molecular weight excluding hydrogens is 959 g/mol. The number of carbonyl (C=O) groups excluding carboxylic acids is 3. The van der Waals surface area contributed by atoms with Crippen LogP contribution < -0.4 is 20.4 Å². The van der Waals surface area contributed by atoms with Crippen LogP contribution in [0.2, 0.25) is 0 Å². The summed E-state index contributed by atoms with van der Waals surface area (Å²) in [6.45, 7) is 15.6. The summed E-state index contributed by atoms with van der Waals surface area (Å²) in [7, 11) is 5.65. The number of aromatic nitrogens is 1. The highest BCUT2D eigenvalue weighted by Crippen LogP contribution is 2.51. The highest BCUT2D eigenvalue weighted by atomic mass is 127. The van der Waals surface area contributed by atoms with E-state index in [1.54, 1.807) is 37.3 Å². The van der Waals surface area contributed by atoms with Crippen molar-refractivity contribution >= 4 is 73.5 Å². The number of alkyl halides is 1. The molecule has 3 N–H and O–H groups in total. The number of allylic oxidation sites excluding steroid dienone is 3. The number of nitrogens with one attached hydrogen (secondary N) is 1. The zero-order valence-electron chi connectivity index (χ0n) is 39.5. The van der Waals surface area contributed by atoms with Gasteiger partial charge in [-0.1, -0.05) is 68.5 Å². The fraction of sp³-hybridized carbons (Fsp3) is 0.500. The van der Waals surface area contributed by atoms with Gasteiger partial charge in [0, 0.05) is 90.2 Å². The molecular formula is C50H61IN4O11. The van der Waals surface area contributed by atoms with Crippen LogP contribution in [0.5, 0.6) is 17.2 Å². The van der Waals surface area contributed by atoms with Crippen LogP contribution in [0.4, 0.5) is 11.4 Å². The molecule has 354 valence electrons. The molecule has 2 aromatic carbocycles. The molecule has 7 rings (SSSR count). The van der Waals surface area contributed by atoms with E-state index in [9.17, 15) is 29.4 Å². The average Bonchev–Trinajstić information content (AvgIpc) is 3.54. The second kappa shape index (κ2) is 19.2. The van der Waals surface area contributed by atoms with E-state index in [0.717, 1.165) is 32.4 Å². The number of amides is 1. The SMILES string of the molecule is CO[C@H]1/C=C/O[C@@]2(C)Oc3c(C)c(O)c4c(=O)c(c5oc6cc(N7CCC(N(C)C)CC7)cc(O)c6nc-5c4c3C2=O)NC(=O)/C(C)=C\C=C\[C@H](C)C[C@@H](C)[C@@H](I)[C@@H](C)[C@H](OC(C)=O)[C@@H]1C. The lowest BCUT2D eigenvalue weighted by atomic mass is 9.81. The number of phenols is 2. The van der Waals surface area contributed by atoms with E-state index in [4.69, 9.17) is 28.3 Å². The number of Topliss-reactive ketones (excluding diaryl/α,β-unsaturated/α-hetero) is 1. The van der Waals surface area contributed by atoms with Gasteiger partial charge in [0.25, 0.3) is 11.7 Å². The molecule has 16 heteroatoms. The fourth-order valence-corrected chi connectivity index (χ4v) is 10.4. The van der Waals surface area contributed by atoms with E-state index in [-0.39, 0.29) is 94.8 Å². The van der Waals surface area contributed by atoms with Gasteiger partial charge in [-0.05, 0) is 65.1 Å². The number of aromatic hydroxyl groups is 2. The number of esters is 1. The Labute approximate surface area is 398 Å². The predicted molar refractivity (Wildman–Crippen MR) is 262 cm³/mol. The Kier molecular flexibility index (Phi) is 14.2. The van der Waals surface area contributed by atoms with E-state index < -0.39 is 46.8 Å². The fourth-order valence-electron chi connectivity index (χ4n) is 9.74. The molecule has 1 fully saturated rings. The molecule has 0 unspecified atom stereocenters. The van der Waals surface area contributed by atoms with Crippen molar-refractivity contribution in [2.45, 2.75) is 103 Å². The molecule has 2 aromatic rings. The van der Waals surface area contributed by atoms with Crippen LogP contribution in [0.15, 0.2) is 57.5 Å². The lowest BCUT2D eigenvalue weighted by Crippen LogP contribution is -2.42. The molecule has 1 saturated heterocycles. The van der Waals surface area contributed by atoms with Crippen LogP contribution in [0.3, 0.4) is 0 Å². The van der Waals surface area contributed by atoms with Crippen LogP contribution in [0.1, 0.15) is 83.7 Å². The van der Waals surface area contributed by atoms with Crippen molar-refractivity contribution in [3.8, 4) is 28.7 Å². The minimum atomic E-state index is -2.01. The number of hydrogen-bond donors (Lipinski definition) is 3. The first-order valence-corrected chi connectivity index (χ1v) is 23.7. The summed E-state index contributed by atoms with van der Waals surface area (Å²) in [6, 6.07) is 3.75. The quantitative estimate of drug-likeness (QED) is 0.0579. The Balaban J connectivity index is 1.43. The third kappa shape index (κ3) is 9.12. The van der Waals surface area contributed by atoms with Gasteiger partial charge < -0.3 is 48.7 Å². The van der Waals surface area contributed by atoms with Crippen LogP contribution in [0.25, 0.3) is 33.3 Å². The van der Waals surface area contributed by atoms with Crippen LogP contribution in [-0.2, 0) is 23.8 Å². The molecule has 1 aliphatic carbocycles. The molecule has 0 saturated carbocycles. The van der Waals surface area contributed by atoms with Gasteiger partial charge >= 0.3 is 11.8 Å². The van der Waals surface area contributed by atoms with Crippen molar-refractivity contribution in [2.75, 3.05) is 44.5 Å². The lowest BCUT2D eigenvalue weighted by molar-refractivity contribution is -0.154. The normalized spacial score (nSPS) is 28.9. The van der Waals surface area contributed by atoms with Crippen molar-refractivity contribution in [1.29, 1.82) is 0 Å². The van der Waals surface area contributed by atoms with Gasteiger partial charge in [-0.2, -0.15) is 0 Å². The van der Waals surface area contributed by atoms with Gasteiger partial charge in [-0.3, -0.25) is 19.2 Å². The number of nitrogens with zero attached hydrogens (tertiary/aromatic N) is 3. The number of anilines is 2. The zero-order valence-corrected chi connectivity index (χ0v) is 41.6.